The van der Waals surface area contributed by atoms with Crippen LogP contribution in [-0.4, -0.2) is 33.2 Å². The standard InChI is InChI=1S/C17H17NO5S/c1-12-3-7-14(8-4-12)18-16(19)11-23-17(20)13-5-9-15(10-6-13)24(2,21)22/h3-10H,11H2,1-2H3,(H,18,19). The number of sulfone groups is 1. The van der Waals surface area contributed by atoms with Crippen LogP contribution in [0.5, 0.6) is 0 Å². The van der Waals surface area contributed by atoms with E-state index in [1.165, 1.54) is 24.3 Å². The molecule has 2 aromatic carbocycles. The van der Waals surface area contributed by atoms with Crippen molar-refractivity contribution in [2.45, 2.75) is 11.8 Å². The second kappa shape index (κ2) is 7.27. The van der Waals surface area contributed by atoms with Crippen molar-refractivity contribution >= 4 is 27.4 Å². The fraction of sp³-hybridized carbons (Fsp3) is 0.176. The molecule has 0 aliphatic heterocycles. The Labute approximate surface area is 140 Å². The Kier molecular flexibility index (Phi) is 5.35. The molecule has 0 radical (unpaired) electrons. The van der Waals surface area contributed by atoms with Crippen LogP contribution < -0.4 is 5.32 Å². The molecule has 0 heterocycles. The lowest BCUT2D eigenvalue weighted by molar-refractivity contribution is -0.119. The molecular weight excluding hydrogens is 330 g/mol. The Morgan fingerprint density at radius 3 is 2.12 bits per heavy atom. The molecule has 2 rings (SSSR count). The molecule has 0 aromatic heterocycles. The van der Waals surface area contributed by atoms with Gasteiger partial charge in [-0.25, -0.2) is 13.2 Å². The molecule has 0 aliphatic carbocycles. The molecule has 0 atom stereocenters. The zero-order chi connectivity index (χ0) is 17.7. The Balaban J connectivity index is 1.90. The maximum absolute atomic E-state index is 11.9. The number of carbonyl (C=O) groups is 2. The van der Waals surface area contributed by atoms with E-state index in [4.69, 9.17) is 4.74 Å². The fourth-order valence-electron chi connectivity index (χ4n) is 1.89. The molecule has 126 valence electrons. The minimum absolute atomic E-state index is 0.108. The predicted molar refractivity (Wildman–Crippen MR) is 89.6 cm³/mol. The van der Waals surface area contributed by atoms with Gasteiger partial charge in [0.2, 0.25) is 0 Å². The molecule has 7 heteroatoms. The third kappa shape index (κ3) is 4.92. The van der Waals surface area contributed by atoms with E-state index >= 15 is 0 Å². The number of aryl methyl sites for hydroxylation is 1. The highest BCUT2D eigenvalue weighted by Gasteiger charge is 2.12. The second-order valence-corrected chi connectivity index (χ2v) is 7.30. The van der Waals surface area contributed by atoms with Crippen LogP contribution in [0.2, 0.25) is 0 Å². The first kappa shape index (κ1) is 17.7. The van der Waals surface area contributed by atoms with Crippen molar-refractivity contribution in [3.8, 4) is 0 Å². The molecule has 1 N–H and O–H groups in total. The second-order valence-electron chi connectivity index (χ2n) is 5.29. The zero-order valence-electron chi connectivity index (χ0n) is 13.3. The van der Waals surface area contributed by atoms with Gasteiger partial charge < -0.3 is 10.1 Å². The van der Waals surface area contributed by atoms with E-state index in [9.17, 15) is 18.0 Å². The lowest BCUT2D eigenvalue weighted by Gasteiger charge is -2.07. The number of esters is 1. The van der Waals surface area contributed by atoms with Gasteiger partial charge in [-0.2, -0.15) is 0 Å². The van der Waals surface area contributed by atoms with E-state index in [-0.39, 0.29) is 10.5 Å². The number of benzene rings is 2. The topological polar surface area (TPSA) is 89.5 Å². The van der Waals surface area contributed by atoms with Gasteiger partial charge in [-0.05, 0) is 43.3 Å². The summed E-state index contributed by atoms with van der Waals surface area (Å²) in [6, 6.07) is 12.5. The molecule has 2 aromatic rings. The summed E-state index contributed by atoms with van der Waals surface area (Å²) in [6.07, 6.45) is 1.08. The summed E-state index contributed by atoms with van der Waals surface area (Å²) in [7, 11) is -3.32. The minimum Gasteiger partial charge on any atom is -0.452 e. The highest BCUT2D eigenvalue weighted by Crippen LogP contribution is 2.12. The Morgan fingerprint density at radius 2 is 1.58 bits per heavy atom. The monoisotopic (exact) mass is 347 g/mol. The number of carbonyl (C=O) groups excluding carboxylic acids is 2. The summed E-state index contributed by atoms with van der Waals surface area (Å²) in [5.41, 5.74) is 1.85. The first-order chi connectivity index (χ1) is 11.3. The fourth-order valence-corrected chi connectivity index (χ4v) is 2.52. The predicted octanol–water partition coefficient (Wildman–Crippen LogP) is 2.19. The third-order valence-electron chi connectivity index (χ3n) is 3.19. The maximum atomic E-state index is 11.9. The van der Waals surface area contributed by atoms with Crippen molar-refractivity contribution in [2.24, 2.45) is 0 Å². The Hall–Kier alpha value is -2.67. The molecule has 0 saturated carbocycles. The number of amides is 1. The van der Waals surface area contributed by atoms with E-state index in [2.05, 4.69) is 5.32 Å². The number of anilines is 1. The minimum atomic E-state index is -3.32. The molecule has 0 bridgehead atoms. The van der Waals surface area contributed by atoms with Crippen LogP contribution in [0, 0.1) is 6.92 Å². The number of nitrogens with one attached hydrogen (secondary N) is 1. The van der Waals surface area contributed by atoms with Gasteiger partial charge >= 0.3 is 5.97 Å². The van der Waals surface area contributed by atoms with Crippen LogP contribution in [0.3, 0.4) is 0 Å². The van der Waals surface area contributed by atoms with Crippen molar-refractivity contribution in [3.63, 3.8) is 0 Å². The Bertz CT molecular complexity index is 840. The van der Waals surface area contributed by atoms with Crippen molar-refractivity contribution < 1.29 is 22.7 Å². The molecule has 0 unspecified atom stereocenters. The summed E-state index contributed by atoms with van der Waals surface area (Å²) < 4.78 is 27.6. The maximum Gasteiger partial charge on any atom is 0.338 e. The van der Waals surface area contributed by atoms with Crippen molar-refractivity contribution in [1.29, 1.82) is 0 Å². The van der Waals surface area contributed by atoms with Crippen LogP contribution in [0.25, 0.3) is 0 Å². The summed E-state index contributed by atoms with van der Waals surface area (Å²) >= 11 is 0. The van der Waals surface area contributed by atoms with Gasteiger partial charge in [-0.1, -0.05) is 17.7 Å². The molecule has 0 aliphatic rings. The third-order valence-corrected chi connectivity index (χ3v) is 4.32. The largest absolute Gasteiger partial charge is 0.452 e. The molecule has 0 saturated heterocycles. The number of rotatable bonds is 5. The average Bonchev–Trinajstić information content (AvgIpc) is 2.54. The van der Waals surface area contributed by atoms with Gasteiger partial charge in [0.05, 0.1) is 10.5 Å². The smallest absolute Gasteiger partial charge is 0.338 e. The SMILES string of the molecule is Cc1ccc(NC(=O)COC(=O)c2ccc(S(C)(=O)=O)cc2)cc1. The summed E-state index contributed by atoms with van der Waals surface area (Å²) in [5.74, 6) is -1.16. The van der Waals surface area contributed by atoms with Gasteiger partial charge in [-0.3, -0.25) is 4.79 Å². The van der Waals surface area contributed by atoms with E-state index in [0.29, 0.717) is 5.69 Å². The number of ether oxygens (including phenoxy) is 1. The van der Waals surface area contributed by atoms with Gasteiger partial charge in [0.1, 0.15) is 0 Å². The van der Waals surface area contributed by atoms with E-state index < -0.39 is 28.3 Å². The van der Waals surface area contributed by atoms with Crippen LogP contribution in [0.1, 0.15) is 15.9 Å². The van der Waals surface area contributed by atoms with Crippen LogP contribution in [0.4, 0.5) is 5.69 Å². The van der Waals surface area contributed by atoms with Gasteiger partial charge in [0, 0.05) is 11.9 Å². The zero-order valence-corrected chi connectivity index (χ0v) is 14.1. The molecule has 0 fully saturated rings. The normalized spacial score (nSPS) is 10.9. The quantitative estimate of drug-likeness (QED) is 0.838. The van der Waals surface area contributed by atoms with Gasteiger partial charge in [0.25, 0.3) is 5.91 Å². The molecule has 1 amide bonds. The molecule has 6 nitrogen and oxygen atoms in total. The molecule has 24 heavy (non-hydrogen) atoms. The van der Waals surface area contributed by atoms with E-state index in [0.717, 1.165) is 11.8 Å². The first-order valence-corrected chi connectivity index (χ1v) is 8.98. The molecule has 0 spiro atoms. The lowest BCUT2D eigenvalue weighted by Crippen LogP contribution is -2.20. The highest BCUT2D eigenvalue weighted by molar-refractivity contribution is 7.90. The van der Waals surface area contributed by atoms with Gasteiger partial charge in [-0.15, -0.1) is 0 Å². The van der Waals surface area contributed by atoms with Crippen LogP contribution in [-0.2, 0) is 19.4 Å². The summed E-state index contributed by atoms with van der Waals surface area (Å²) in [5, 5.41) is 2.61. The average molecular weight is 347 g/mol. The van der Waals surface area contributed by atoms with Gasteiger partial charge in [0.15, 0.2) is 16.4 Å². The van der Waals surface area contributed by atoms with Crippen molar-refractivity contribution in [3.05, 3.63) is 59.7 Å². The Morgan fingerprint density at radius 1 is 1.00 bits per heavy atom. The van der Waals surface area contributed by atoms with E-state index in [1.807, 2.05) is 19.1 Å². The van der Waals surface area contributed by atoms with Crippen LogP contribution in [0.15, 0.2) is 53.4 Å². The summed E-state index contributed by atoms with van der Waals surface area (Å²) in [6.45, 7) is 1.50. The summed E-state index contributed by atoms with van der Waals surface area (Å²) in [4.78, 5) is 23.7. The van der Waals surface area contributed by atoms with E-state index in [1.54, 1.807) is 12.1 Å². The number of hydrogen-bond donors (Lipinski definition) is 1. The molecular formula is C17H17NO5S. The van der Waals surface area contributed by atoms with Crippen molar-refractivity contribution in [1.82, 2.24) is 0 Å². The lowest BCUT2D eigenvalue weighted by atomic mass is 10.2. The van der Waals surface area contributed by atoms with Crippen LogP contribution >= 0.6 is 0 Å². The highest BCUT2D eigenvalue weighted by atomic mass is 32.2. The number of hydrogen-bond acceptors (Lipinski definition) is 5. The first-order valence-electron chi connectivity index (χ1n) is 7.09. The van der Waals surface area contributed by atoms with Crippen molar-refractivity contribution in [2.75, 3.05) is 18.2 Å².